The summed E-state index contributed by atoms with van der Waals surface area (Å²) in [5.74, 6) is 2.58. The first-order valence-corrected chi connectivity index (χ1v) is 9.95. The van der Waals surface area contributed by atoms with Crippen LogP contribution < -0.4 is 4.74 Å². The fourth-order valence-electron chi connectivity index (χ4n) is 4.18. The van der Waals surface area contributed by atoms with E-state index in [2.05, 4.69) is 19.7 Å². The van der Waals surface area contributed by atoms with Crippen LogP contribution in [0, 0.1) is 0 Å². The topological polar surface area (TPSA) is 75.2 Å². The van der Waals surface area contributed by atoms with Gasteiger partial charge in [-0.1, -0.05) is 36.6 Å². The summed E-state index contributed by atoms with van der Waals surface area (Å²) in [4.78, 5) is 9.21. The zero-order chi connectivity index (χ0) is 18.9. The van der Waals surface area contributed by atoms with Gasteiger partial charge >= 0.3 is 0 Å². The average Bonchev–Trinajstić information content (AvgIpc) is 3.41. The van der Waals surface area contributed by atoms with E-state index in [1.165, 1.54) is 19.3 Å². The maximum absolute atomic E-state index is 6.12. The van der Waals surface area contributed by atoms with E-state index in [0.717, 1.165) is 41.4 Å². The van der Waals surface area contributed by atoms with Crippen molar-refractivity contribution in [3.8, 4) is 17.3 Å². The third kappa shape index (κ3) is 3.20. The maximum Gasteiger partial charge on any atom is 0.278 e. The fourth-order valence-corrected chi connectivity index (χ4v) is 4.18. The number of aromatic nitrogens is 4. The van der Waals surface area contributed by atoms with Gasteiger partial charge in [0.05, 0.1) is 32.3 Å². The van der Waals surface area contributed by atoms with Gasteiger partial charge in [0.15, 0.2) is 11.5 Å². The summed E-state index contributed by atoms with van der Waals surface area (Å²) < 4.78 is 19.0. The Kier molecular flexibility index (Phi) is 4.60. The number of ether oxygens (including phenoxy) is 2. The SMILES string of the molecule is COc1ccc([C@@H]2Cn3cnc(-c4nc(C5CCCCC5)no4)c3CO2)cc1. The van der Waals surface area contributed by atoms with Crippen molar-refractivity contribution in [1.82, 2.24) is 19.7 Å². The molecule has 1 fully saturated rings. The number of imidazole rings is 1. The van der Waals surface area contributed by atoms with Gasteiger partial charge in [0, 0.05) is 5.92 Å². The maximum atomic E-state index is 6.12. The Morgan fingerprint density at radius 3 is 2.71 bits per heavy atom. The minimum atomic E-state index is -0.0130. The van der Waals surface area contributed by atoms with Gasteiger partial charge in [0.2, 0.25) is 0 Å². The zero-order valence-corrected chi connectivity index (χ0v) is 16.0. The largest absolute Gasteiger partial charge is 0.497 e. The van der Waals surface area contributed by atoms with Crippen molar-refractivity contribution in [3.05, 3.63) is 47.7 Å². The molecule has 1 aromatic carbocycles. The molecule has 1 aliphatic heterocycles. The Labute approximate surface area is 163 Å². The molecule has 1 saturated carbocycles. The Bertz CT molecular complexity index is 941. The van der Waals surface area contributed by atoms with E-state index in [4.69, 9.17) is 14.0 Å². The quantitative estimate of drug-likeness (QED) is 0.673. The molecule has 1 atom stereocenters. The first kappa shape index (κ1) is 17.4. The summed E-state index contributed by atoms with van der Waals surface area (Å²) in [6.45, 7) is 1.17. The molecular weight excluding hydrogens is 356 g/mol. The standard InChI is InChI=1S/C21H24N4O3/c1-26-16-9-7-14(8-10-16)18-11-25-13-22-19(17(25)12-27-18)21-23-20(24-28-21)15-5-3-2-4-6-15/h7-10,13,15,18H,2-6,11-12H2,1H3/t18-/m0/s1. The lowest BCUT2D eigenvalue weighted by molar-refractivity contribution is 0.00328. The molecule has 0 radical (unpaired) electrons. The summed E-state index contributed by atoms with van der Waals surface area (Å²) in [6, 6.07) is 8.00. The minimum absolute atomic E-state index is 0.0130. The number of hydrogen-bond acceptors (Lipinski definition) is 6. The van der Waals surface area contributed by atoms with E-state index in [1.54, 1.807) is 7.11 Å². The molecular formula is C21H24N4O3. The van der Waals surface area contributed by atoms with E-state index >= 15 is 0 Å². The second-order valence-electron chi connectivity index (χ2n) is 7.56. The zero-order valence-electron chi connectivity index (χ0n) is 16.0. The molecule has 0 N–H and O–H groups in total. The Morgan fingerprint density at radius 1 is 1.11 bits per heavy atom. The molecule has 5 rings (SSSR count). The molecule has 2 aromatic heterocycles. The van der Waals surface area contributed by atoms with Crippen molar-refractivity contribution >= 4 is 0 Å². The fraction of sp³-hybridized carbons (Fsp3) is 0.476. The van der Waals surface area contributed by atoms with Gasteiger partial charge in [0.25, 0.3) is 5.89 Å². The van der Waals surface area contributed by atoms with Crippen LogP contribution in [0.2, 0.25) is 0 Å². The second kappa shape index (κ2) is 7.39. The van der Waals surface area contributed by atoms with Crippen molar-refractivity contribution < 1.29 is 14.0 Å². The molecule has 0 bridgehead atoms. The molecule has 146 valence electrons. The monoisotopic (exact) mass is 380 g/mol. The van der Waals surface area contributed by atoms with Crippen molar-refractivity contribution in [2.45, 2.75) is 57.3 Å². The van der Waals surface area contributed by atoms with Crippen LogP contribution in [0.15, 0.2) is 35.1 Å². The van der Waals surface area contributed by atoms with Gasteiger partial charge in [-0.05, 0) is 30.5 Å². The summed E-state index contributed by atoms with van der Waals surface area (Å²) >= 11 is 0. The average molecular weight is 380 g/mol. The highest BCUT2D eigenvalue weighted by Gasteiger charge is 2.28. The molecule has 7 heteroatoms. The molecule has 0 amide bonds. The van der Waals surface area contributed by atoms with Gasteiger partial charge in [0.1, 0.15) is 11.9 Å². The van der Waals surface area contributed by atoms with Crippen molar-refractivity contribution in [1.29, 1.82) is 0 Å². The lowest BCUT2D eigenvalue weighted by Gasteiger charge is -2.25. The first-order chi connectivity index (χ1) is 13.8. The molecule has 28 heavy (non-hydrogen) atoms. The summed E-state index contributed by atoms with van der Waals surface area (Å²) in [6.07, 6.45) is 7.92. The summed E-state index contributed by atoms with van der Waals surface area (Å²) in [5.41, 5.74) is 2.85. The van der Waals surface area contributed by atoms with Gasteiger partial charge < -0.3 is 18.6 Å². The lowest BCUT2D eigenvalue weighted by atomic mass is 9.89. The van der Waals surface area contributed by atoms with E-state index in [1.807, 2.05) is 30.6 Å². The van der Waals surface area contributed by atoms with Gasteiger partial charge in [-0.2, -0.15) is 4.98 Å². The Hall–Kier alpha value is -2.67. The molecule has 0 saturated heterocycles. The normalized spacial score (nSPS) is 20.1. The van der Waals surface area contributed by atoms with Crippen LogP contribution in [-0.2, 0) is 17.9 Å². The predicted molar refractivity (Wildman–Crippen MR) is 102 cm³/mol. The van der Waals surface area contributed by atoms with E-state index in [0.29, 0.717) is 25.0 Å². The number of rotatable bonds is 4. The van der Waals surface area contributed by atoms with Crippen molar-refractivity contribution in [2.75, 3.05) is 7.11 Å². The molecule has 1 aliphatic carbocycles. The van der Waals surface area contributed by atoms with Crippen LogP contribution in [0.4, 0.5) is 0 Å². The predicted octanol–water partition coefficient (Wildman–Crippen LogP) is 4.26. The van der Waals surface area contributed by atoms with E-state index in [-0.39, 0.29) is 6.10 Å². The Morgan fingerprint density at radius 2 is 1.93 bits per heavy atom. The highest BCUT2D eigenvalue weighted by molar-refractivity contribution is 5.51. The number of fused-ring (bicyclic) bond motifs is 1. The van der Waals surface area contributed by atoms with Crippen molar-refractivity contribution in [3.63, 3.8) is 0 Å². The highest BCUT2D eigenvalue weighted by atomic mass is 16.5. The number of nitrogens with zero attached hydrogens (tertiary/aromatic N) is 4. The van der Waals surface area contributed by atoms with Gasteiger partial charge in [-0.25, -0.2) is 4.98 Å². The van der Waals surface area contributed by atoms with Crippen LogP contribution in [0.25, 0.3) is 11.6 Å². The highest BCUT2D eigenvalue weighted by Crippen LogP contribution is 2.34. The van der Waals surface area contributed by atoms with Gasteiger partial charge in [-0.3, -0.25) is 0 Å². The van der Waals surface area contributed by atoms with E-state index in [9.17, 15) is 0 Å². The third-order valence-corrected chi connectivity index (χ3v) is 5.83. The van der Waals surface area contributed by atoms with Crippen LogP contribution >= 0.6 is 0 Å². The molecule has 3 heterocycles. The second-order valence-corrected chi connectivity index (χ2v) is 7.56. The number of hydrogen-bond donors (Lipinski definition) is 0. The third-order valence-electron chi connectivity index (χ3n) is 5.83. The molecule has 3 aromatic rings. The molecule has 2 aliphatic rings. The van der Waals surface area contributed by atoms with Crippen LogP contribution in [-0.4, -0.2) is 26.8 Å². The van der Waals surface area contributed by atoms with Crippen molar-refractivity contribution in [2.24, 2.45) is 0 Å². The molecule has 0 spiro atoms. The van der Waals surface area contributed by atoms with Crippen LogP contribution in [0.3, 0.4) is 0 Å². The minimum Gasteiger partial charge on any atom is -0.497 e. The van der Waals surface area contributed by atoms with Crippen LogP contribution in [0.5, 0.6) is 5.75 Å². The summed E-state index contributed by atoms with van der Waals surface area (Å²) in [7, 11) is 1.67. The Balaban J connectivity index is 1.35. The van der Waals surface area contributed by atoms with E-state index < -0.39 is 0 Å². The molecule has 0 unspecified atom stereocenters. The van der Waals surface area contributed by atoms with Gasteiger partial charge in [-0.15, -0.1) is 0 Å². The molecule has 7 nitrogen and oxygen atoms in total. The lowest BCUT2D eigenvalue weighted by Crippen LogP contribution is -2.20. The number of benzene rings is 1. The number of methoxy groups -OCH3 is 1. The first-order valence-electron chi connectivity index (χ1n) is 9.95. The van der Waals surface area contributed by atoms with Crippen LogP contribution in [0.1, 0.15) is 61.2 Å². The summed E-state index contributed by atoms with van der Waals surface area (Å²) in [5, 5.41) is 4.24. The smallest absolute Gasteiger partial charge is 0.278 e.